The molecule has 0 aliphatic carbocycles. The van der Waals surface area contributed by atoms with Crippen LogP contribution in [0.25, 0.3) is 0 Å². The van der Waals surface area contributed by atoms with E-state index < -0.39 is 7.04 Å². The lowest BCUT2D eigenvalue weighted by Crippen LogP contribution is -3.00. The van der Waals surface area contributed by atoms with Crippen LogP contribution in [-0.2, 0) is 9.47 Å². The summed E-state index contributed by atoms with van der Waals surface area (Å²) < 4.78 is 30.6. The number of hydrogen-bond acceptors (Lipinski definition) is 3. The van der Waals surface area contributed by atoms with Crippen LogP contribution in [0.15, 0.2) is 23.3 Å². The van der Waals surface area contributed by atoms with Crippen LogP contribution in [-0.4, -0.2) is 26.2 Å². The summed E-state index contributed by atoms with van der Waals surface area (Å²) in [6, 6.07) is 0. The molecule has 1 radical (unpaired) electrons. The maximum atomic E-state index is 6.97. The van der Waals surface area contributed by atoms with Crippen LogP contribution >= 0.6 is 11.6 Å². The smallest absolute Gasteiger partial charge is 0.313 e. The first-order chi connectivity index (χ1) is 6.98. The SMILES string of the molecule is [2H]C([2H])([2H])OC1=CC=[N+]C(CCl)=C1OC.[Cl-]. The van der Waals surface area contributed by atoms with Crippen molar-refractivity contribution in [3.63, 3.8) is 0 Å². The van der Waals surface area contributed by atoms with Gasteiger partial charge < -0.3 is 21.9 Å². The monoisotopic (exact) mass is 225 g/mol. The van der Waals surface area contributed by atoms with Crippen molar-refractivity contribution in [2.24, 2.45) is 0 Å². The Morgan fingerprint density at radius 3 is 2.92 bits per heavy atom. The van der Waals surface area contributed by atoms with Crippen LogP contribution in [0.1, 0.15) is 4.11 Å². The fourth-order valence-electron chi connectivity index (χ4n) is 0.865. The number of allylic oxidation sites excluding steroid dienone is 2. The van der Waals surface area contributed by atoms with Crippen molar-refractivity contribution in [2.45, 2.75) is 0 Å². The van der Waals surface area contributed by atoms with E-state index in [9.17, 15) is 0 Å². The zero-order valence-corrected chi connectivity index (χ0v) is 8.39. The summed E-state index contributed by atoms with van der Waals surface area (Å²) in [6.45, 7) is 0. The number of methoxy groups -OCH3 is 2. The van der Waals surface area contributed by atoms with Gasteiger partial charge in [-0.2, -0.15) is 0 Å². The van der Waals surface area contributed by atoms with Gasteiger partial charge in [0.1, 0.15) is 5.88 Å². The van der Waals surface area contributed by atoms with Gasteiger partial charge in [0.15, 0.2) is 5.76 Å². The normalized spacial score (nSPS) is 19.2. The van der Waals surface area contributed by atoms with Gasteiger partial charge in [0.2, 0.25) is 12.0 Å². The van der Waals surface area contributed by atoms with E-state index in [-0.39, 0.29) is 29.8 Å². The zero-order valence-electron chi connectivity index (χ0n) is 9.88. The molecule has 0 aromatic heterocycles. The van der Waals surface area contributed by atoms with Crippen molar-refractivity contribution in [1.82, 2.24) is 4.99 Å². The Morgan fingerprint density at radius 2 is 2.38 bits per heavy atom. The van der Waals surface area contributed by atoms with Crippen LogP contribution in [0.4, 0.5) is 0 Å². The second-order valence-electron chi connectivity index (χ2n) is 2.02. The van der Waals surface area contributed by atoms with E-state index in [4.69, 9.17) is 25.2 Å². The number of ether oxygens (including phenoxy) is 2. The molecule has 0 atom stereocenters. The third kappa shape index (κ3) is 2.64. The summed E-state index contributed by atoms with van der Waals surface area (Å²) in [5, 5.41) is 0. The summed E-state index contributed by atoms with van der Waals surface area (Å²) in [6.07, 6.45) is 2.84. The number of nitrogens with zero attached hydrogens (tertiary/aromatic N) is 1. The topological polar surface area (TPSA) is 32.6 Å². The van der Waals surface area contributed by atoms with E-state index in [1.54, 1.807) is 0 Å². The molecule has 0 N–H and O–H groups in total. The second kappa shape index (κ2) is 5.89. The molecular weight excluding hydrogens is 213 g/mol. The lowest BCUT2D eigenvalue weighted by molar-refractivity contribution is -0.00000309. The van der Waals surface area contributed by atoms with E-state index in [1.807, 2.05) is 0 Å². The molecule has 0 bridgehead atoms. The highest BCUT2D eigenvalue weighted by Crippen LogP contribution is 2.17. The maximum Gasteiger partial charge on any atom is 0.313 e. The van der Waals surface area contributed by atoms with Crippen molar-refractivity contribution >= 4 is 17.8 Å². The van der Waals surface area contributed by atoms with Crippen LogP contribution < -0.4 is 17.4 Å². The quantitative estimate of drug-likeness (QED) is 0.523. The number of halogens is 2. The number of aliphatic imine (C=N–C) groups is 1. The Bertz CT molecular complexity index is 337. The lowest BCUT2D eigenvalue weighted by Gasteiger charge is -2.07. The van der Waals surface area contributed by atoms with Crippen molar-refractivity contribution in [1.29, 1.82) is 0 Å². The first-order valence-corrected chi connectivity index (χ1v) is 3.78. The average Bonchev–Trinajstić information content (AvgIpc) is 2.15. The minimum Gasteiger partial charge on any atom is -1.00 e. The number of rotatable bonds is 3. The average molecular weight is 226 g/mol. The zero-order chi connectivity index (χ0) is 11.5. The lowest BCUT2D eigenvalue weighted by atomic mass is 10.3. The van der Waals surface area contributed by atoms with E-state index in [1.165, 1.54) is 19.4 Å². The van der Waals surface area contributed by atoms with Gasteiger partial charge in [-0.05, 0) is 0 Å². The molecule has 3 nitrogen and oxygen atoms in total. The molecule has 1 heterocycles. The molecule has 0 fully saturated rings. The molecule has 0 unspecified atom stereocenters. The predicted molar refractivity (Wildman–Crippen MR) is 48.0 cm³/mol. The van der Waals surface area contributed by atoms with E-state index in [2.05, 4.69) is 4.99 Å². The molecule has 73 valence electrons. The molecule has 0 amide bonds. The van der Waals surface area contributed by atoms with Crippen molar-refractivity contribution < 1.29 is 26.0 Å². The minimum atomic E-state index is -2.52. The third-order valence-corrected chi connectivity index (χ3v) is 1.64. The molecule has 0 aromatic carbocycles. The molecule has 0 spiro atoms. The molecule has 5 heteroatoms. The number of alkyl halides is 1. The van der Waals surface area contributed by atoms with Gasteiger partial charge in [-0.25, -0.2) is 0 Å². The highest BCUT2D eigenvalue weighted by atomic mass is 35.5. The van der Waals surface area contributed by atoms with Crippen LogP contribution in [0.2, 0.25) is 0 Å². The third-order valence-electron chi connectivity index (χ3n) is 1.38. The number of hydrogen-bond donors (Lipinski definition) is 0. The van der Waals surface area contributed by atoms with Gasteiger partial charge in [0, 0.05) is 0 Å². The molecule has 1 rings (SSSR count). The highest BCUT2D eigenvalue weighted by Gasteiger charge is 2.23. The molecule has 0 saturated heterocycles. The van der Waals surface area contributed by atoms with Gasteiger partial charge in [-0.15, -0.1) is 11.6 Å². The first-order valence-electron chi connectivity index (χ1n) is 4.75. The summed E-state index contributed by atoms with van der Waals surface area (Å²) in [5.74, 6) is 0.494. The fourth-order valence-corrected chi connectivity index (χ4v) is 1.06. The molecular formula is C8H10Cl2NO2. The minimum absolute atomic E-state index is 0. The van der Waals surface area contributed by atoms with Gasteiger partial charge in [-0.1, -0.05) is 0 Å². The van der Waals surface area contributed by atoms with Gasteiger partial charge in [0.05, 0.1) is 29.3 Å². The van der Waals surface area contributed by atoms with Crippen molar-refractivity contribution in [2.75, 3.05) is 20.0 Å². The molecule has 1 aliphatic heterocycles. The van der Waals surface area contributed by atoms with Crippen LogP contribution in [0.5, 0.6) is 0 Å². The van der Waals surface area contributed by atoms with Crippen LogP contribution in [0, 0.1) is 0 Å². The molecule has 0 aromatic rings. The Labute approximate surface area is 92.7 Å². The second-order valence-corrected chi connectivity index (χ2v) is 2.29. The first kappa shape index (κ1) is 7.71. The molecule has 13 heavy (non-hydrogen) atoms. The van der Waals surface area contributed by atoms with Gasteiger partial charge in [0.25, 0.3) is 0 Å². The summed E-state index contributed by atoms with van der Waals surface area (Å²) >= 11 is 5.62. The Morgan fingerprint density at radius 1 is 1.62 bits per heavy atom. The van der Waals surface area contributed by atoms with E-state index in [0.29, 0.717) is 5.70 Å². The molecule has 1 aliphatic rings. The summed E-state index contributed by atoms with van der Waals surface area (Å²) in [4.78, 5) is 3.94. The molecule has 0 saturated carbocycles. The summed E-state index contributed by atoms with van der Waals surface area (Å²) in [5.41, 5.74) is 0.445. The van der Waals surface area contributed by atoms with Gasteiger partial charge >= 0.3 is 5.70 Å². The fraction of sp³-hybridized carbons (Fsp3) is 0.375. The van der Waals surface area contributed by atoms with Crippen molar-refractivity contribution in [3.8, 4) is 0 Å². The van der Waals surface area contributed by atoms with E-state index >= 15 is 0 Å². The van der Waals surface area contributed by atoms with Crippen molar-refractivity contribution in [3.05, 3.63) is 23.3 Å². The predicted octanol–water partition coefficient (Wildman–Crippen LogP) is -1.96. The standard InChI is InChI=1S/C8H10ClNO2.ClH/c1-11-7-3-4-10-6(5-9)8(7)12-2;/h3-4H,5H2,1-2H3;1H/q+1;/p-1/i1D3;. The highest BCUT2D eigenvalue weighted by molar-refractivity contribution is 6.19. The maximum absolute atomic E-state index is 6.97. The largest absolute Gasteiger partial charge is 1.00 e. The Balaban J connectivity index is 0.00000225. The summed E-state index contributed by atoms with van der Waals surface area (Å²) in [7, 11) is -1.11. The van der Waals surface area contributed by atoms with Crippen LogP contribution in [0.3, 0.4) is 0 Å². The Kier molecular flexibility index (Phi) is 3.49. The Hall–Kier alpha value is -0.670. The van der Waals surface area contributed by atoms with E-state index in [0.717, 1.165) is 0 Å². The van der Waals surface area contributed by atoms with Gasteiger partial charge in [-0.3, -0.25) is 0 Å².